The highest BCUT2D eigenvalue weighted by atomic mass is 16.6. The molecule has 0 aromatic rings. The third-order valence-corrected chi connectivity index (χ3v) is 3.34. The molecule has 0 atom stereocenters. The van der Waals surface area contributed by atoms with Crippen molar-refractivity contribution in [3.63, 3.8) is 0 Å². The van der Waals surface area contributed by atoms with Crippen LogP contribution in [-0.2, 0) is 19.1 Å². The molecule has 0 radical (unpaired) electrons. The number of rotatable bonds is 1. The molecule has 2 saturated heterocycles. The van der Waals surface area contributed by atoms with Crippen molar-refractivity contribution in [2.24, 2.45) is 0 Å². The van der Waals surface area contributed by atoms with Gasteiger partial charge in [0.1, 0.15) is 11.2 Å². The Morgan fingerprint density at radius 3 is 1.56 bits per heavy atom. The number of ketones is 1. The molecule has 0 aromatic carbocycles. The molecule has 2 amide bonds. The molecule has 27 heavy (non-hydrogen) atoms. The van der Waals surface area contributed by atoms with Gasteiger partial charge in [-0.05, 0) is 41.5 Å². The van der Waals surface area contributed by atoms with Crippen molar-refractivity contribution in [3.8, 4) is 0 Å². The predicted molar refractivity (Wildman–Crippen MR) is 93.2 cm³/mol. The minimum absolute atomic E-state index is 0.0841. The molecule has 2 N–H and O–H groups in total. The predicted octanol–water partition coefficient (Wildman–Crippen LogP) is 0.859. The summed E-state index contributed by atoms with van der Waals surface area (Å²) in [5.41, 5.74) is -2.90. The Labute approximate surface area is 158 Å². The number of aliphatic carboxylic acids is 1. The first-order chi connectivity index (χ1) is 12.0. The van der Waals surface area contributed by atoms with Gasteiger partial charge in [0.15, 0.2) is 11.4 Å². The SMILES string of the molecule is CC(C)(C)OC(=O)N1CC(=O)C1.CC(C)(C)OC(=O)N1CC(O)(C(=O)O)C1. The summed E-state index contributed by atoms with van der Waals surface area (Å²) in [5, 5.41) is 18.0. The fourth-order valence-electron chi connectivity index (χ4n) is 2.01. The van der Waals surface area contributed by atoms with Crippen molar-refractivity contribution in [2.45, 2.75) is 58.3 Å². The number of likely N-dealkylation sites (tertiary alicyclic amines) is 2. The lowest BCUT2D eigenvalue weighted by molar-refractivity contribution is -0.175. The molecule has 0 aliphatic carbocycles. The number of carbonyl (C=O) groups excluding carboxylic acids is 3. The van der Waals surface area contributed by atoms with Gasteiger partial charge in [0.25, 0.3) is 0 Å². The topological polar surface area (TPSA) is 134 Å². The van der Waals surface area contributed by atoms with Crippen LogP contribution in [-0.4, -0.2) is 86.9 Å². The smallest absolute Gasteiger partial charge is 0.411 e. The number of hydrogen-bond donors (Lipinski definition) is 2. The summed E-state index contributed by atoms with van der Waals surface area (Å²) >= 11 is 0. The van der Waals surface area contributed by atoms with Gasteiger partial charge >= 0.3 is 18.2 Å². The summed E-state index contributed by atoms with van der Waals surface area (Å²) in [4.78, 5) is 46.1. The van der Waals surface area contributed by atoms with Gasteiger partial charge in [-0.3, -0.25) is 9.69 Å². The Morgan fingerprint density at radius 1 is 0.889 bits per heavy atom. The quantitative estimate of drug-likeness (QED) is 0.675. The molecule has 2 aliphatic heterocycles. The maximum Gasteiger partial charge on any atom is 0.411 e. The lowest BCUT2D eigenvalue weighted by atomic mass is 9.95. The molecule has 10 heteroatoms. The highest BCUT2D eigenvalue weighted by Gasteiger charge is 2.51. The van der Waals surface area contributed by atoms with Crippen molar-refractivity contribution >= 4 is 23.9 Å². The summed E-state index contributed by atoms with van der Waals surface area (Å²) in [5.74, 6) is -1.23. The van der Waals surface area contributed by atoms with Crippen molar-refractivity contribution in [1.82, 2.24) is 9.80 Å². The zero-order valence-electron chi connectivity index (χ0n) is 16.6. The summed E-state index contributed by atoms with van der Waals surface area (Å²) < 4.78 is 10.0. The Hall–Kier alpha value is -2.36. The largest absolute Gasteiger partial charge is 0.479 e. The molecular weight excluding hydrogens is 360 g/mol. The third kappa shape index (κ3) is 7.05. The van der Waals surface area contributed by atoms with Crippen LogP contribution >= 0.6 is 0 Å². The van der Waals surface area contributed by atoms with Gasteiger partial charge in [-0.25, -0.2) is 14.4 Å². The maximum atomic E-state index is 11.4. The van der Waals surface area contributed by atoms with E-state index in [1.165, 1.54) is 4.90 Å². The average Bonchev–Trinajstić information content (AvgIpc) is 2.36. The van der Waals surface area contributed by atoms with E-state index in [-0.39, 0.29) is 32.0 Å². The monoisotopic (exact) mass is 388 g/mol. The van der Waals surface area contributed by atoms with Crippen LogP contribution in [0.15, 0.2) is 0 Å². The second-order valence-corrected chi connectivity index (χ2v) is 8.55. The van der Waals surface area contributed by atoms with E-state index in [9.17, 15) is 24.3 Å². The average molecular weight is 388 g/mol. The molecule has 154 valence electrons. The first kappa shape index (κ1) is 22.7. The summed E-state index contributed by atoms with van der Waals surface area (Å²) in [6, 6.07) is 0. The highest BCUT2D eigenvalue weighted by molar-refractivity contribution is 5.94. The summed E-state index contributed by atoms with van der Waals surface area (Å²) in [6.07, 6.45) is -1.00. The van der Waals surface area contributed by atoms with Crippen LogP contribution in [0.1, 0.15) is 41.5 Å². The second-order valence-electron chi connectivity index (χ2n) is 8.55. The van der Waals surface area contributed by atoms with Gasteiger partial charge in [-0.15, -0.1) is 0 Å². The Balaban J connectivity index is 0.000000277. The zero-order chi connectivity index (χ0) is 21.2. The fraction of sp³-hybridized carbons (Fsp3) is 0.765. The number of ether oxygens (including phenoxy) is 2. The maximum absolute atomic E-state index is 11.4. The minimum Gasteiger partial charge on any atom is -0.479 e. The molecule has 2 heterocycles. The number of carboxylic acid groups (broad SMARTS) is 1. The lowest BCUT2D eigenvalue weighted by Gasteiger charge is -2.43. The fourth-order valence-corrected chi connectivity index (χ4v) is 2.01. The van der Waals surface area contributed by atoms with E-state index >= 15 is 0 Å². The molecule has 10 nitrogen and oxygen atoms in total. The van der Waals surface area contributed by atoms with Gasteiger partial charge < -0.3 is 24.6 Å². The van der Waals surface area contributed by atoms with Gasteiger partial charge in [-0.1, -0.05) is 0 Å². The van der Waals surface area contributed by atoms with E-state index in [2.05, 4.69) is 0 Å². The Morgan fingerprint density at radius 2 is 1.26 bits per heavy atom. The van der Waals surface area contributed by atoms with Crippen molar-refractivity contribution < 1.29 is 38.9 Å². The van der Waals surface area contributed by atoms with E-state index < -0.39 is 35.0 Å². The number of aliphatic hydroxyl groups is 1. The first-order valence-corrected chi connectivity index (χ1v) is 8.46. The molecule has 0 saturated carbocycles. The van der Waals surface area contributed by atoms with E-state index in [1.807, 2.05) is 0 Å². The molecule has 0 spiro atoms. The minimum atomic E-state index is -1.81. The number of carboxylic acids is 1. The normalized spacial score (nSPS) is 18.4. The summed E-state index contributed by atoms with van der Waals surface area (Å²) in [7, 11) is 0. The third-order valence-electron chi connectivity index (χ3n) is 3.34. The molecular formula is C17H28N2O8. The van der Waals surface area contributed by atoms with Crippen LogP contribution < -0.4 is 0 Å². The molecule has 0 unspecified atom stereocenters. The molecule has 2 rings (SSSR count). The van der Waals surface area contributed by atoms with Crippen LogP contribution in [0.2, 0.25) is 0 Å². The van der Waals surface area contributed by atoms with Crippen LogP contribution in [0.4, 0.5) is 9.59 Å². The number of β-amino-alcohol motifs (C(OH)–C–C–N with tert-alkyl or cyclic N) is 1. The number of amides is 2. The standard InChI is InChI=1S/C9H15NO5.C8H13NO3/c1-8(2,3)15-7(13)10-4-9(14,5-10)6(11)12;1-8(2,3)12-7(11)9-4-6(10)5-9/h14H,4-5H2,1-3H3,(H,11,12);4-5H2,1-3H3. The second kappa shape index (κ2) is 7.71. The molecule has 2 aliphatic rings. The van der Waals surface area contributed by atoms with Crippen LogP contribution in [0, 0.1) is 0 Å². The zero-order valence-corrected chi connectivity index (χ0v) is 16.6. The van der Waals surface area contributed by atoms with Crippen molar-refractivity contribution in [3.05, 3.63) is 0 Å². The summed E-state index contributed by atoms with van der Waals surface area (Å²) in [6.45, 7) is 10.5. The number of nitrogens with zero attached hydrogens (tertiary/aromatic N) is 2. The van der Waals surface area contributed by atoms with Gasteiger partial charge in [-0.2, -0.15) is 0 Å². The van der Waals surface area contributed by atoms with Gasteiger partial charge in [0.2, 0.25) is 0 Å². The molecule has 0 aromatic heterocycles. The van der Waals surface area contributed by atoms with E-state index in [1.54, 1.807) is 41.5 Å². The number of hydrogen-bond acceptors (Lipinski definition) is 7. The van der Waals surface area contributed by atoms with E-state index in [4.69, 9.17) is 14.6 Å². The highest BCUT2D eigenvalue weighted by Crippen LogP contribution is 2.23. The van der Waals surface area contributed by atoms with Gasteiger partial charge in [0, 0.05) is 0 Å². The molecule has 2 fully saturated rings. The number of Topliss-reactive ketones (excluding diaryl/α,β-unsaturated/α-hetero) is 1. The van der Waals surface area contributed by atoms with Crippen LogP contribution in [0.5, 0.6) is 0 Å². The van der Waals surface area contributed by atoms with E-state index in [0.717, 1.165) is 4.90 Å². The molecule has 0 bridgehead atoms. The number of carbonyl (C=O) groups is 4. The van der Waals surface area contributed by atoms with Gasteiger partial charge in [0.05, 0.1) is 26.2 Å². The van der Waals surface area contributed by atoms with Crippen LogP contribution in [0.3, 0.4) is 0 Å². The lowest BCUT2D eigenvalue weighted by Crippen LogP contribution is -2.67. The Kier molecular flexibility index (Phi) is 6.48. The van der Waals surface area contributed by atoms with E-state index in [0.29, 0.717) is 0 Å². The van der Waals surface area contributed by atoms with Crippen molar-refractivity contribution in [1.29, 1.82) is 0 Å². The first-order valence-electron chi connectivity index (χ1n) is 8.46. The van der Waals surface area contributed by atoms with Crippen LogP contribution in [0.25, 0.3) is 0 Å². The van der Waals surface area contributed by atoms with Crippen molar-refractivity contribution in [2.75, 3.05) is 26.2 Å². The Bertz CT molecular complexity index is 603.